The molecule has 7 heteroatoms. The van der Waals surface area contributed by atoms with E-state index in [4.69, 9.17) is 4.74 Å². The number of ether oxygens (including phenoxy) is 1. The minimum absolute atomic E-state index is 0.270. The summed E-state index contributed by atoms with van der Waals surface area (Å²) in [5.41, 5.74) is 4.78. The second kappa shape index (κ2) is 8.03. The lowest BCUT2D eigenvalue weighted by atomic mass is 10.0. The van der Waals surface area contributed by atoms with E-state index in [2.05, 4.69) is 28.4 Å². The van der Waals surface area contributed by atoms with Gasteiger partial charge in [0.15, 0.2) is 0 Å². The first-order valence-corrected chi connectivity index (χ1v) is 9.92. The summed E-state index contributed by atoms with van der Waals surface area (Å²) in [6, 6.07) is 14.0. The Balaban J connectivity index is 1.68. The molecule has 4 rings (SSSR count). The predicted molar refractivity (Wildman–Crippen MR) is 112 cm³/mol. The summed E-state index contributed by atoms with van der Waals surface area (Å²) in [5.74, 6) is 1.30. The van der Waals surface area contributed by atoms with Crippen molar-refractivity contribution in [2.24, 2.45) is 12.0 Å². The molecule has 7 nitrogen and oxygen atoms in total. The summed E-state index contributed by atoms with van der Waals surface area (Å²) in [5, 5.41) is 7.88. The SMILES string of the molecule is CCC(=NC)c1cccc(OCc2c(C3CC3)cccc2-n2nnn(C)c2=O)c1. The van der Waals surface area contributed by atoms with Gasteiger partial charge in [-0.3, -0.25) is 4.99 Å². The van der Waals surface area contributed by atoms with E-state index >= 15 is 0 Å². The minimum atomic E-state index is -0.270. The maximum atomic E-state index is 12.4. The van der Waals surface area contributed by atoms with Crippen LogP contribution in [0.5, 0.6) is 5.75 Å². The molecule has 1 aromatic heterocycles. The zero-order valence-electron chi connectivity index (χ0n) is 17.0. The van der Waals surface area contributed by atoms with Gasteiger partial charge in [-0.15, -0.1) is 0 Å². The Kier molecular flexibility index (Phi) is 5.29. The van der Waals surface area contributed by atoms with Crippen LogP contribution in [0.4, 0.5) is 0 Å². The molecule has 1 aliphatic rings. The van der Waals surface area contributed by atoms with Gasteiger partial charge in [-0.2, -0.15) is 9.36 Å². The summed E-state index contributed by atoms with van der Waals surface area (Å²) < 4.78 is 8.75. The molecule has 3 aromatic rings. The number of tetrazole rings is 1. The van der Waals surface area contributed by atoms with Gasteiger partial charge >= 0.3 is 5.69 Å². The van der Waals surface area contributed by atoms with Crippen LogP contribution in [0.3, 0.4) is 0 Å². The summed E-state index contributed by atoms with van der Waals surface area (Å²) in [7, 11) is 3.40. The van der Waals surface area contributed by atoms with Crippen molar-refractivity contribution in [1.82, 2.24) is 19.8 Å². The van der Waals surface area contributed by atoms with Crippen LogP contribution in [0.2, 0.25) is 0 Å². The predicted octanol–water partition coefficient (Wildman–Crippen LogP) is 3.25. The number of benzene rings is 2. The van der Waals surface area contributed by atoms with Gasteiger partial charge in [0.05, 0.1) is 5.69 Å². The minimum Gasteiger partial charge on any atom is -0.489 e. The van der Waals surface area contributed by atoms with Crippen LogP contribution in [-0.2, 0) is 13.7 Å². The fourth-order valence-electron chi connectivity index (χ4n) is 3.60. The molecule has 0 saturated heterocycles. The van der Waals surface area contributed by atoms with Crippen molar-refractivity contribution in [3.05, 3.63) is 69.6 Å². The highest BCUT2D eigenvalue weighted by molar-refractivity contribution is 6.00. The van der Waals surface area contributed by atoms with Crippen LogP contribution >= 0.6 is 0 Å². The quantitative estimate of drug-likeness (QED) is 0.580. The van der Waals surface area contributed by atoms with E-state index in [0.717, 1.165) is 47.5 Å². The van der Waals surface area contributed by atoms with E-state index in [0.29, 0.717) is 12.5 Å². The summed E-state index contributed by atoms with van der Waals surface area (Å²) in [6.07, 6.45) is 3.19. The molecule has 1 aliphatic carbocycles. The smallest absolute Gasteiger partial charge is 0.368 e. The Hall–Kier alpha value is -3.22. The van der Waals surface area contributed by atoms with Gasteiger partial charge in [-0.05, 0) is 64.9 Å². The third-order valence-electron chi connectivity index (χ3n) is 5.31. The standard InChI is InChI=1S/C22H25N5O2/c1-4-20(23-2)16-7-5-8-17(13-16)29-14-19-18(15-11-12-15)9-6-10-21(19)27-22(28)26(3)24-25-27/h5-10,13,15H,4,11-12,14H2,1-3H3. The number of hydrogen-bond donors (Lipinski definition) is 0. The second-order valence-electron chi connectivity index (χ2n) is 7.26. The Morgan fingerprint density at radius 1 is 1.21 bits per heavy atom. The zero-order chi connectivity index (χ0) is 20.4. The molecule has 0 bridgehead atoms. The van der Waals surface area contributed by atoms with Gasteiger partial charge < -0.3 is 4.74 Å². The zero-order valence-corrected chi connectivity index (χ0v) is 17.0. The van der Waals surface area contributed by atoms with Crippen molar-refractivity contribution in [2.45, 2.75) is 38.7 Å². The molecule has 1 heterocycles. The monoisotopic (exact) mass is 391 g/mol. The van der Waals surface area contributed by atoms with Crippen LogP contribution < -0.4 is 10.4 Å². The molecule has 0 radical (unpaired) electrons. The number of aryl methyl sites for hydroxylation is 1. The van der Waals surface area contributed by atoms with Crippen molar-refractivity contribution in [1.29, 1.82) is 0 Å². The number of rotatable bonds is 7. The largest absolute Gasteiger partial charge is 0.489 e. The summed E-state index contributed by atoms with van der Waals surface area (Å²) in [4.78, 5) is 16.8. The van der Waals surface area contributed by atoms with Crippen LogP contribution in [0.1, 0.15) is 48.8 Å². The maximum Gasteiger partial charge on any atom is 0.368 e. The fraction of sp³-hybridized carbons (Fsp3) is 0.364. The molecular formula is C22H25N5O2. The lowest BCUT2D eigenvalue weighted by Gasteiger charge is -2.15. The van der Waals surface area contributed by atoms with Crippen LogP contribution in [0.15, 0.2) is 52.3 Å². The normalized spacial score (nSPS) is 14.2. The molecule has 2 aromatic carbocycles. The third kappa shape index (κ3) is 3.85. The van der Waals surface area contributed by atoms with Crippen molar-refractivity contribution in [3.63, 3.8) is 0 Å². The lowest BCUT2D eigenvalue weighted by Crippen LogP contribution is -2.23. The first kappa shape index (κ1) is 19.1. The molecule has 1 fully saturated rings. The van der Waals surface area contributed by atoms with E-state index in [9.17, 15) is 4.79 Å². The van der Waals surface area contributed by atoms with Crippen molar-refractivity contribution in [3.8, 4) is 11.4 Å². The molecule has 1 saturated carbocycles. The van der Waals surface area contributed by atoms with Gasteiger partial charge in [-0.25, -0.2) is 4.79 Å². The van der Waals surface area contributed by atoms with Crippen molar-refractivity contribution >= 4 is 5.71 Å². The highest BCUT2D eigenvalue weighted by Crippen LogP contribution is 2.43. The second-order valence-corrected chi connectivity index (χ2v) is 7.26. The van der Waals surface area contributed by atoms with Gasteiger partial charge in [0.25, 0.3) is 0 Å². The first-order chi connectivity index (χ1) is 14.1. The lowest BCUT2D eigenvalue weighted by molar-refractivity contribution is 0.304. The summed E-state index contributed by atoms with van der Waals surface area (Å²) in [6.45, 7) is 2.45. The van der Waals surface area contributed by atoms with Gasteiger partial charge in [-0.1, -0.05) is 31.2 Å². The molecule has 0 aliphatic heterocycles. The van der Waals surface area contributed by atoms with Crippen LogP contribution in [0.25, 0.3) is 5.69 Å². The fourth-order valence-corrected chi connectivity index (χ4v) is 3.60. The highest BCUT2D eigenvalue weighted by Gasteiger charge is 2.28. The molecular weight excluding hydrogens is 366 g/mol. The van der Waals surface area contributed by atoms with Crippen molar-refractivity contribution < 1.29 is 4.74 Å². The molecule has 29 heavy (non-hydrogen) atoms. The third-order valence-corrected chi connectivity index (χ3v) is 5.31. The van der Waals surface area contributed by atoms with Gasteiger partial charge in [0, 0.05) is 25.4 Å². The van der Waals surface area contributed by atoms with E-state index in [-0.39, 0.29) is 5.69 Å². The molecule has 0 spiro atoms. The van der Waals surface area contributed by atoms with E-state index in [1.165, 1.54) is 14.9 Å². The Labute approximate surface area is 169 Å². The topological polar surface area (TPSA) is 74.3 Å². The molecule has 150 valence electrons. The van der Waals surface area contributed by atoms with E-state index < -0.39 is 0 Å². The van der Waals surface area contributed by atoms with Gasteiger partial charge in [0.2, 0.25) is 0 Å². The molecule has 0 amide bonds. The Morgan fingerprint density at radius 2 is 2.00 bits per heavy atom. The Morgan fingerprint density at radius 3 is 2.66 bits per heavy atom. The summed E-state index contributed by atoms with van der Waals surface area (Å²) >= 11 is 0. The Bertz CT molecular complexity index is 1110. The molecule has 0 atom stereocenters. The number of nitrogens with zero attached hydrogens (tertiary/aromatic N) is 5. The number of hydrogen-bond acceptors (Lipinski definition) is 5. The molecule has 0 unspecified atom stereocenters. The van der Waals surface area contributed by atoms with Crippen LogP contribution in [-0.4, -0.2) is 32.5 Å². The number of aliphatic imine (C=N–C) groups is 1. The maximum absolute atomic E-state index is 12.4. The van der Waals surface area contributed by atoms with Gasteiger partial charge in [0.1, 0.15) is 12.4 Å². The molecule has 0 N–H and O–H groups in total. The van der Waals surface area contributed by atoms with Crippen molar-refractivity contribution in [2.75, 3.05) is 7.05 Å². The van der Waals surface area contributed by atoms with E-state index in [1.807, 2.05) is 43.4 Å². The average molecular weight is 391 g/mol. The highest BCUT2D eigenvalue weighted by atomic mass is 16.5. The van der Waals surface area contributed by atoms with E-state index in [1.54, 1.807) is 7.05 Å². The number of aromatic nitrogens is 4. The van der Waals surface area contributed by atoms with Crippen LogP contribution in [0, 0.1) is 0 Å². The average Bonchev–Trinajstić information content (AvgIpc) is 3.53. The first-order valence-electron chi connectivity index (χ1n) is 9.92.